The molecule has 3 atom stereocenters. The van der Waals surface area contributed by atoms with Gasteiger partial charge in [0.2, 0.25) is 17.7 Å². The molecule has 0 radical (unpaired) electrons. The van der Waals surface area contributed by atoms with Crippen LogP contribution in [0.4, 0.5) is 0 Å². The molecule has 14 nitrogen and oxygen atoms in total. The molecule has 0 aromatic rings. The minimum Gasteiger partial charge on any atom is -0.465 e. The van der Waals surface area contributed by atoms with Gasteiger partial charge in [0, 0.05) is 90.5 Å². The van der Waals surface area contributed by atoms with Crippen LogP contribution in [0.3, 0.4) is 0 Å². The van der Waals surface area contributed by atoms with E-state index < -0.39 is 41.3 Å². The lowest BCUT2D eigenvalue weighted by Crippen LogP contribution is -2.40. The Morgan fingerprint density at radius 1 is 0.604 bits per heavy atom. The first-order valence-corrected chi connectivity index (χ1v) is 20.4. The van der Waals surface area contributed by atoms with Gasteiger partial charge in [-0.25, -0.2) is 0 Å². The molecule has 1 aliphatic rings. The molecule has 1 saturated carbocycles. The summed E-state index contributed by atoms with van der Waals surface area (Å²) in [4.78, 5) is 79.2. The summed E-state index contributed by atoms with van der Waals surface area (Å²) in [6, 6.07) is 0. The van der Waals surface area contributed by atoms with Gasteiger partial charge in [-0.2, -0.15) is 0 Å². The quantitative estimate of drug-likeness (QED) is 0.0390. The van der Waals surface area contributed by atoms with Gasteiger partial charge in [-0.1, -0.05) is 59.3 Å². The van der Waals surface area contributed by atoms with E-state index in [0.29, 0.717) is 71.3 Å². The zero-order valence-electron chi connectivity index (χ0n) is 33.1. The van der Waals surface area contributed by atoms with Gasteiger partial charge >= 0.3 is 5.97 Å². The van der Waals surface area contributed by atoms with Crippen LogP contribution in [-0.4, -0.2) is 101 Å². The van der Waals surface area contributed by atoms with Crippen LogP contribution in [0.15, 0.2) is 0 Å². The molecule has 0 spiro atoms. The fraction of sp³-hybridized carbons (Fsp3) is 0.846. The molecule has 0 bridgehead atoms. The number of unbranched alkanes of at least 4 members (excludes halogenated alkanes) is 2. The van der Waals surface area contributed by atoms with E-state index in [1.807, 2.05) is 13.8 Å². The molecule has 14 heteroatoms. The number of carbonyl (C=O) groups is 6. The molecular weight excluding hydrogens is 678 g/mol. The number of nitrogens with two attached hydrogens (primary N) is 2. The lowest BCUT2D eigenvalue weighted by Gasteiger charge is -2.28. The van der Waals surface area contributed by atoms with E-state index in [1.54, 1.807) is 0 Å². The number of carbonyl (C=O) groups excluding carboxylic acids is 6. The first kappa shape index (κ1) is 48.1. The lowest BCUT2D eigenvalue weighted by molar-refractivity contribution is -0.148. The van der Waals surface area contributed by atoms with Crippen molar-refractivity contribution in [3.05, 3.63) is 0 Å². The number of ketones is 2. The topological polar surface area (TPSA) is 224 Å². The predicted molar refractivity (Wildman–Crippen MR) is 208 cm³/mol. The first-order chi connectivity index (χ1) is 25.6. The molecule has 1 aliphatic carbocycles. The second-order valence-electron chi connectivity index (χ2n) is 14.6. The lowest BCUT2D eigenvalue weighted by atomic mass is 9.80. The van der Waals surface area contributed by atoms with Crippen molar-refractivity contribution in [2.45, 2.75) is 117 Å². The Bertz CT molecular complexity index is 1070. The van der Waals surface area contributed by atoms with Crippen LogP contribution in [0, 0.1) is 29.6 Å². The van der Waals surface area contributed by atoms with Gasteiger partial charge in [0.1, 0.15) is 11.6 Å². The summed E-state index contributed by atoms with van der Waals surface area (Å²) in [5, 5.41) is 14.6. The van der Waals surface area contributed by atoms with Gasteiger partial charge in [0.05, 0.1) is 24.9 Å². The number of esters is 1. The number of nitrogens with one attached hydrogen (secondary N) is 5. The van der Waals surface area contributed by atoms with Gasteiger partial charge in [0.15, 0.2) is 0 Å². The molecule has 0 aromatic heterocycles. The molecule has 53 heavy (non-hydrogen) atoms. The third-order valence-electron chi connectivity index (χ3n) is 10.0. The van der Waals surface area contributed by atoms with Crippen LogP contribution in [0.1, 0.15) is 117 Å². The fourth-order valence-electron chi connectivity index (χ4n) is 6.69. The highest BCUT2D eigenvalue weighted by molar-refractivity contribution is 5.95. The second kappa shape index (κ2) is 30.4. The molecule has 306 valence electrons. The molecule has 3 amide bonds. The van der Waals surface area contributed by atoms with Gasteiger partial charge in [-0.3, -0.25) is 28.8 Å². The summed E-state index contributed by atoms with van der Waals surface area (Å²) in [7, 11) is 0. The van der Waals surface area contributed by atoms with Crippen molar-refractivity contribution in [2.24, 2.45) is 41.1 Å². The summed E-state index contributed by atoms with van der Waals surface area (Å²) >= 11 is 0. The Labute approximate surface area is 318 Å². The van der Waals surface area contributed by atoms with Crippen LogP contribution >= 0.6 is 0 Å². The second-order valence-corrected chi connectivity index (χ2v) is 14.6. The summed E-state index contributed by atoms with van der Waals surface area (Å²) in [5.41, 5.74) is 11.0. The van der Waals surface area contributed by atoms with E-state index >= 15 is 0 Å². The van der Waals surface area contributed by atoms with Crippen molar-refractivity contribution in [3.8, 4) is 0 Å². The molecule has 0 aliphatic heterocycles. The van der Waals surface area contributed by atoms with E-state index in [9.17, 15) is 28.8 Å². The molecule has 1 rings (SSSR count). The highest BCUT2D eigenvalue weighted by Gasteiger charge is 2.32. The standard InChI is InChI=1S/C39H73N7O7/c1-4-7-9-29-10-12-30(13-11-29)28-53-37(50)27-31(6-3)35(48)25-32(38(51)46-22-20-43-18-15-41)23-34(47)24-33(39(52)45-16-8-5-2)26-36(49)44-21-19-42-17-14-40/h29-33,42-43H,4-28,40-41H2,1-3H3,(H,44,49)(H,45,52)(H,46,51). The fourth-order valence-corrected chi connectivity index (χ4v) is 6.69. The van der Waals surface area contributed by atoms with Crippen molar-refractivity contribution >= 4 is 35.3 Å². The van der Waals surface area contributed by atoms with E-state index in [0.717, 1.165) is 44.4 Å². The van der Waals surface area contributed by atoms with Gasteiger partial charge in [-0.05, 0) is 37.5 Å². The normalized spacial score (nSPS) is 17.3. The molecule has 3 unspecified atom stereocenters. The van der Waals surface area contributed by atoms with Crippen LogP contribution in [0.2, 0.25) is 0 Å². The maximum absolute atomic E-state index is 13.6. The summed E-state index contributed by atoms with van der Waals surface area (Å²) in [6.45, 7) is 10.5. The van der Waals surface area contributed by atoms with Crippen molar-refractivity contribution in [3.63, 3.8) is 0 Å². The van der Waals surface area contributed by atoms with Crippen LogP contribution in [-0.2, 0) is 33.5 Å². The number of Topliss-reactive ketones (excluding diaryl/α,β-unsaturated/α-hetero) is 2. The van der Waals surface area contributed by atoms with E-state index in [1.165, 1.54) is 19.3 Å². The van der Waals surface area contributed by atoms with Gasteiger partial charge in [0.25, 0.3) is 0 Å². The number of hydrogen-bond donors (Lipinski definition) is 7. The van der Waals surface area contributed by atoms with Crippen LogP contribution < -0.4 is 38.1 Å². The summed E-state index contributed by atoms with van der Waals surface area (Å²) < 4.78 is 5.64. The largest absolute Gasteiger partial charge is 0.465 e. The first-order valence-electron chi connectivity index (χ1n) is 20.4. The molecule has 0 saturated heterocycles. The number of ether oxygens (including phenoxy) is 1. The Kier molecular flexibility index (Phi) is 27.6. The number of hydrogen-bond acceptors (Lipinski definition) is 11. The maximum atomic E-state index is 13.6. The molecule has 9 N–H and O–H groups in total. The summed E-state index contributed by atoms with van der Waals surface area (Å²) in [5.74, 6) is -3.81. The van der Waals surface area contributed by atoms with E-state index in [4.69, 9.17) is 16.2 Å². The number of amides is 3. The summed E-state index contributed by atoms with van der Waals surface area (Å²) in [6.07, 6.45) is 9.10. The average Bonchev–Trinajstić information content (AvgIpc) is 3.14. The molecule has 0 heterocycles. The third-order valence-corrected chi connectivity index (χ3v) is 10.0. The zero-order chi connectivity index (χ0) is 39.3. The monoisotopic (exact) mass is 752 g/mol. The average molecular weight is 752 g/mol. The van der Waals surface area contributed by atoms with Crippen molar-refractivity contribution in [1.82, 2.24) is 26.6 Å². The smallest absolute Gasteiger partial charge is 0.306 e. The molecular formula is C39H73N7O7. The number of rotatable bonds is 32. The van der Waals surface area contributed by atoms with E-state index in [2.05, 4.69) is 33.5 Å². The van der Waals surface area contributed by atoms with Crippen LogP contribution in [0.25, 0.3) is 0 Å². The Morgan fingerprint density at radius 3 is 1.72 bits per heavy atom. The predicted octanol–water partition coefficient (Wildman–Crippen LogP) is 2.12. The minimum absolute atomic E-state index is 0.0800. The van der Waals surface area contributed by atoms with Gasteiger partial charge in [-0.15, -0.1) is 0 Å². The van der Waals surface area contributed by atoms with Crippen LogP contribution in [0.5, 0.6) is 0 Å². The van der Waals surface area contributed by atoms with E-state index in [-0.39, 0.29) is 50.3 Å². The highest BCUT2D eigenvalue weighted by atomic mass is 16.5. The van der Waals surface area contributed by atoms with Crippen molar-refractivity contribution < 1.29 is 33.5 Å². The Balaban J connectivity index is 2.91. The molecule has 0 aromatic carbocycles. The van der Waals surface area contributed by atoms with Crippen molar-refractivity contribution in [2.75, 3.05) is 65.5 Å². The Morgan fingerprint density at radius 2 is 1.15 bits per heavy atom. The third kappa shape index (κ3) is 22.8. The minimum atomic E-state index is -0.997. The molecule has 1 fully saturated rings. The highest BCUT2D eigenvalue weighted by Crippen LogP contribution is 2.32. The zero-order valence-corrected chi connectivity index (χ0v) is 33.1. The SMILES string of the molecule is CCCCNC(=O)C(CC(=O)CC(CC(=O)C(CC)CC(=O)OCC1CCC(CCCC)CC1)C(=O)NCCNCCN)CC(=O)NCCNCCN. The maximum Gasteiger partial charge on any atom is 0.306 e. The Hall–Kier alpha value is -2.94. The van der Waals surface area contributed by atoms with Crippen molar-refractivity contribution in [1.29, 1.82) is 0 Å². The van der Waals surface area contributed by atoms with Gasteiger partial charge < -0.3 is 42.8 Å².